The second-order valence-electron chi connectivity index (χ2n) is 3.99. The molecule has 2 N–H and O–H groups in total. The van der Waals surface area contributed by atoms with Crippen molar-refractivity contribution in [2.75, 3.05) is 12.3 Å². The number of rotatable bonds is 5. The van der Waals surface area contributed by atoms with Gasteiger partial charge in [-0.25, -0.2) is 0 Å². The van der Waals surface area contributed by atoms with Crippen LogP contribution in [0.3, 0.4) is 0 Å². The molecule has 2 aromatic rings. The summed E-state index contributed by atoms with van der Waals surface area (Å²) in [6.45, 7) is 2.68. The fourth-order valence-corrected chi connectivity index (χ4v) is 1.84. The number of pyridine rings is 1. The van der Waals surface area contributed by atoms with Crippen molar-refractivity contribution < 1.29 is 9.47 Å². The average molecular weight is 323 g/mol. The van der Waals surface area contributed by atoms with Crippen LogP contribution in [0, 0.1) is 0 Å². The number of anilines is 1. The molecule has 0 aliphatic heterocycles. The lowest BCUT2D eigenvalue weighted by molar-refractivity contribution is 0.317. The van der Waals surface area contributed by atoms with Gasteiger partial charge in [-0.05, 0) is 40.5 Å². The maximum Gasteiger partial charge on any atom is 0.146 e. The minimum absolute atomic E-state index is 0.605. The molecule has 4 nitrogen and oxygen atoms in total. The van der Waals surface area contributed by atoms with E-state index in [0.29, 0.717) is 29.5 Å². The van der Waals surface area contributed by atoms with Crippen molar-refractivity contribution in [1.29, 1.82) is 0 Å². The van der Waals surface area contributed by atoms with Crippen LogP contribution in [0.2, 0.25) is 0 Å². The highest BCUT2D eigenvalue weighted by atomic mass is 79.9. The van der Waals surface area contributed by atoms with Gasteiger partial charge < -0.3 is 15.2 Å². The lowest BCUT2D eigenvalue weighted by Gasteiger charge is -2.11. The molecule has 0 bridgehead atoms. The van der Waals surface area contributed by atoms with Crippen molar-refractivity contribution in [3.63, 3.8) is 0 Å². The third-order valence-corrected chi connectivity index (χ3v) is 2.80. The van der Waals surface area contributed by atoms with Crippen molar-refractivity contribution in [3.05, 3.63) is 41.1 Å². The smallest absolute Gasteiger partial charge is 0.146 e. The normalized spacial score (nSPS) is 10.2. The molecule has 0 spiro atoms. The molecule has 2 rings (SSSR count). The Bertz CT molecular complexity index is 561. The summed E-state index contributed by atoms with van der Waals surface area (Å²) in [7, 11) is 0. The lowest BCUT2D eigenvalue weighted by Crippen LogP contribution is -1.99. The summed E-state index contributed by atoms with van der Waals surface area (Å²) in [4.78, 5) is 4.04. The molecular weight excluding hydrogens is 308 g/mol. The Morgan fingerprint density at radius 2 is 2.05 bits per heavy atom. The monoisotopic (exact) mass is 322 g/mol. The van der Waals surface area contributed by atoms with Gasteiger partial charge in [-0.3, -0.25) is 4.98 Å². The first-order valence-electron chi connectivity index (χ1n) is 5.99. The minimum Gasteiger partial charge on any atom is -0.491 e. The Morgan fingerprint density at radius 3 is 2.79 bits per heavy atom. The minimum atomic E-state index is 0.605. The van der Waals surface area contributed by atoms with Gasteiger partial charge in [-0.1, -0.05) is 6.92 Å². The van der Waals surface area contributed by atoms with Crippen LogP contribution in [0.4, 0.5) is 5.69 Å². The van der Waals surface area contributed by atoms with E-state index in [1.807, 2.05) is 13.0 Å². The van der Waals surface area contributed by atoms with E-state index in [4.69, 9.17) is 15.2 Å². The maximum atomic E-state index is 5.85. The number of nitrogens with two attached hydrogens (primary N) is 1. The van der Waals surface area contributed by atoms with E-state index in [9.17, 15) is 0 Å². The molecule has 0 unspecified atom stereocenters. The zero-order valence-corrected chi connectivity index (χ0v) is 12.2. The largest absolute Gasteiger partial charge is 0.491 e. The molecule has 0 saturated carbocycles. The van der Waals surface area contributed by atoms with Gasteiger partial charge in [0.2, 0.25) is 0 Å². The van der Waals surface area contributed by atoms with Gasteiger partial charge in [-0.2, -0.15) is 0 Å². The Balaban J connectivity index is 2.16. The van der Waals surface area contributed by atoms with E-state index < -0.39 is 0 Å². The van der Waals surface area contributed by atoms with Crippen LogP contribution >= 0.6 is 15.9 Å². The number of aromatic nitrogens is 1. The van der Waals surface area contributed by atoms with E-state index in [0.717, 1.165) is 10.9 Å². The van der Waals surface area contributed by atoms with Crippen LogP contribution in [-0.2, 0) is 0 Å². The molecule has 19 heavy (non-hydrogen) atoms. The summed E-state index contributed by atoms with van der Waals surface area (Å²) in [6.07, 6.45) is 4.28. The fraction of sp³-hybridized carbons (Fsp3) is 0.214. The maximum absolute atomic E-state index is 5.85. The number of nitrogen functional groups attached to an aromatic ring is 1. The van der Waals surface area contributed by atoms with E-state index in [1.54, 1.807) is 30.6 Å². The summed E-state index contributed by atoms with van der Waals surface area (Å²) < 4.78 is 12.1. The summed E-state index contributed by atoms with van der Waals surface area (Å²) in [5.74, 6) is 1.96. The van der Waals surface area contributed by atoms with Crippen LogP contribution in [0.25, 0.3) is 0 Å². The van der Waals surface area contributed by atoms with Crippen LogP contribution in [-0.4, -0.2) is 11.6 Å². The SMILES string of the molecule is CCCOc1cc(Oc2cncc(Br)c2)ccc1N. The Kier molecular flexibility index (Phi) is 4.63. The molecule has 1 aromatic heterocycles. The van der Waals surface area contributed by atoms with Crippen molar-refractivity contribution >= 4 is 21.6 Å². The van der Waals surface area contributed by atoms with Crippen molar-refractivity contribution in [3.8, 4) is 17.2 Å². The summed E-state index contributed by atoms with van der Waals surface area (Å²) in [5.41, 5.74) is 6.45. The molecule has 100 valence electrons. The molecule has 0 aliphatic rings. The van der Waals surface area contributed by atoms with Gasteiger partial charge in [0.05, 0.1) is 18.5 Å². The molecule has 0 fully saturated rings. The predicted octanol–water partition coefficient (Wildman–Crippen LogP) is 4.01. The van der Waals surface area contributed by atoms with E-state index in [2.05, 4.69) is 20.9 Å². The fourth-order valence-electron chi connectivity index (χ4n) is 1.50. The predicted molar refractivity (Wildman–Crippen MR) is 78.7 cm³/mol. The second kappa shape index (κ2) is 6.43. The highest BCUT2D eigenvalue weighted by Gasteiger charge is 2.04. The summed E-state index contributed by atoms with van der Waals surface area (Å²) >= 11 is 3.35. The van der Waals surface area contributed by atoms with Crippen molar-refractivity contribution in [2.45, 2.75) is 13.3 Å². The molecule has 0 radical (unpaired) electrons. The van der Waals surface area contributed by atoms with Crippen LogP contribution < -0.4 is 15.2 Å². The summed E-state index contributed by atoms with van der Waals surface area (Å²) in [5, 5.41) is 0. The number of benzene rings is 1. The lowest BCUT2D eigenvalue weighted by atomic mass is 10.3. The van der Waals surface area contributed by atoms with E-state index in [-0.39, 0.29) is 0 Å². The Labute approximate surface area is 120 Å². The number of hydrogen-bond acceptors (Lipinski definition) is 4. The van der Waals surface area contributed by atoms with Crippen LogP contribution in [0.1, 0.15) is 13.3 Å². The summed E-state index contributed by atoms with van der Waals surface area (Å²) in [6, 6.07) is 7.20. The Hall–Kier alpha value is -1.75. The molecule has 1 aromatic carbocycles. The molecule has 0 atom stereocenters. The number of nitrogens with zero attached hydrogens (tertiary/aromatic N) is 1. The third kappa shape index (κ3) is 3.86. The number of hydrogen-bond donors (Lipinski definition) is 1. The van der Waals surface area contributed by atoms with E-state index in [1.165, 1.54) is 0 Å². The second-order valence-corrected chi connectivity index (χ2v) is 4.90. The first kappa shape index (κ1) is 13.7. The molecule has 0 amide bonds. The molecule has 0 aliphatic carbocycles. The molecular formula is C14H15BrN2O2. The standard InChI is InChI=1S/C14H15BrN2O2/c1-2-5-18-14-7-11(3-4-13(14)16)19-12-6-10(15)8-17-9-12/h3-4,6-9H,2,5,16H2,1H3. The van der Waals surface area contributed by atoms with Gasteiger partial charge in [0, 0.05) is 16.7 Å². The third-order valence-electron chi connectivity index (χ3n) is 2.36. The topological polar surface area (TPSA) is 57.4 Å². The quantitative estimate of drug-likeness (QED) is 0.845. The van der Waals surface area contributed by atoms with Gasteiger partial charge in [0.1, 0.15) is 17.2 Å². The average Bonchev–Trinajstić information content (AvgIpc) is 2.39. The highest BCUT2D eigenvalue weighted by molar-refractivity contribution is 9.10. The van der Waals surface area contributed by atoms with Gasteiger partial charge in [-0.15, -0.1) is 0 Å². The first-order valence-corrected chi connectivity index (χ1v) is 6.79. The van der Waals surface area contributed by atoms with Crippen molar-refractivity contribution in [1.82, 2.24) is 4.98 Å². The van der Waals surface area contributed by atoms with Crippen LogP contribution in [0.15, 0.2) is 41.1 Å². The van der Waals surface area contributed by atoms with E-state index >= 15 is 0 Å². The number of halogens is 1. The van der Waals surface area contributed by atoms with Gasteiger partial charge in [0.15, 0.2) is 0 Å². The van der Waals surface area contributed by atoms with Crippen molar-refractivity contribution in [2.24, 2.45) is 0 Å². The van der Waals surface area contributed by atoms with Crippen LogP contribution in [0.5, 0.6) is 17.2 Å². The zero-order chi connectivity index (χ0) is 13.7. The van der Waals surface area contributed by atoms with Gasteiger partial charge in [0.25, 0.3) is 0 Å². The highest BCUT2D eigenvalue weighted by Crippen LogP contribution is 2.30. The Morgan fingerprint density at radius 1 is 1.21 bits per heavy atom. The molecule has 5 heteroatoms. The zero-order valence-electron chi connectivity index (χ0n) is 10.6. The van der Waals surface area contributed by atoms with Gasteiger partial charge >= 0.3 is 0 Å². The number of ether oxygens (including phenoxy) is 2. The molecule has 1 heterocycles. The first-order chi connectivity index (χ1) is 9.19. The molecule has 0 saturated heterocycles.